The minimum Gasteiger partial charge on any atom is -0.456 e. The van der Waals surface area contributed by atoms with E-state index >= 15 is 0 Å². The molecule has 1 aliphatic carbocycles. The van der Waals surface area contributed by atoms with E-state index in [-0.39, 0.29) is 0 Å². The predicted molar refractivity (Wildman–Crippen MR) is 240 cm³/mol. The molecular formula is C54H33NO3. The maximum Gasteiger partial charge on any atom is 0.136 e. The summed E-state index contributed by atoms with van der Waals surface area (Å²) in [5, 5.41) is 9.28. The van der Waals surface area contributed by atoms with Gasteiger partial charge in [-0.1, -0.05) is 103 Å². The molecule has 4 aromatic heterocycles. The molecule has 0 atom stereocenters. The van der Waals surface area contributed by atoms with Gasteiger partial charge in [0, 0.05) is 48.8 Å². The number of furan rings is 3. The van der Waals surface area contributed by atoms with Crippen LogP contribution < -0.4 is 0 Å². The van der Waals surface area contributed by atoms with Crippen LogP contribution in [-0.2, 0) is 0 Å². The molecule has 0 saturated heterocycles. The summed E-state index contributed by atoms with van der Waals surface area (Å²) in [5.41, 5.74) is 16.2. The normalized spacial score (nSPS) is 13.6. The Bertz CT molecular complexity index is 3580. The highest BCUT2D eigenvalue weighted by molar-refractivity contribution is 6.22. The number of aromatic nitrogens is 1. The van der Waals surface area contributed by atoms with Crippen molar-refractivity contribution in [2.24, 2.45) is 0 Å². The predicted octanol–water partition coefficient (Wildman–Crippen LogP) is 15.5. The van der Waals surface area contributed by atoms with Gasteiger partial charge in [0.1, 0.15) is 33.5 Å². The van der Waals surface area contributed by atoms with Gasteiger partial charge in [-0.25, -0.2) is 0 Å². The van der Waals surface area contributed by atoms with Crippen molar-refractivity contribution in [2.75, 3.05) is 0 Å². The lowest BCUT2D eigenvalue weighted by Crippen LogP contribution is -2.01. The molecule has 0 radical (unpaired) electrons. The van der Waals surface area contributed by atoms with E-state index in [0.29, 0.717) is 0 Å². The van der Waals surface area contributed by atoms with Crippen molar-refractivity contribution in [3.8, 4) is 22.3 Å². The van der Waals surface area contributed by atoms with Crippen LogP contribution in [0.1, 0.15) is 18.4 Å². The molecule has 0 spiro atoms. The zero-order valence-corrected chi connectivity index (χ0v) is 31.3. The Kier molecular flexibility index (Phi) is 6.53. The number of fused-ring (bicyclic) bond motifs is 12. The van der Waals surface area contributed by atoms with Crippen molar-refractivity contribution in [1.29, 1.82) is 0 Å². The monoisotopic (exact) mass is 743 g/mol. The van der Waals surface area contributed by atoms with Crippen molar-refractivity contribution in [2.45, 2.75) is 12.8 Å². The van der Waals surface area contributed by atoms with Gasteiger partial charge in [0.2, 0.25) is 0 Å². The highest BCUT2D eigenvalue weighted by Crippen LogP contribution is 2.46. The second-order valence-corrected chi connectivity index (χ2v) is 15.5. The third-order valence-electron chi connectivity index (χ3n) is 12.4. The molecule has 1 aliphatic rings. The summed E-state index contributed by atoms with van der Waals surface area (Å²) >= 11 is 0. The quantitative estimate of drug-likeness (QED) is 0.180. The van der Waals surface area contributed by atoms with Gasteiger partial charge in [-0.2, -0.15) is 0 Å². The van der Waals surface area contributed by atoms with Crippen molar-refractivity contribution >= 4 is 98.9 Å². The maximum absolute atomic E-state index is 6.42. The zero-order valence-electron chi connectivity index (χ0n) is 31.3. The third kappa shape index (κ3) is 4.57. The zero-order chi connectivity index (χ0) is 37.9. The van der Waals surface area contributed by atoms with Crippen molar-refractivity contribution < 1.29 is 13.3 Å². The second kappa shape index (κ2) is 12.0. The van der Waals surface area contributed by atoms with E-state index in [0.717, 1.165) is 89.8 Å². The number of hydrogen-bond acceptors (Lipinski definition) is 3. The number of hydrogen-bond donors (Lipinski definition) is 0. The molecule has 8 aromatic carbocycles. The van der Waals surface area contributed by atoms with E-state index in [1.807, 2.05) is 36.4 Å². The first-order chi connectivity index (χ1) is 28.7. The Morgan fingerprint density at radius 3 is 1.24 bits per heavy atom. The molecule has 58 heavy (non-hydrogen) atoms. The summed E-state index contributed by atoms with van der Waals surface area (Å²) in [6.45, 7) is 0. The van der Waals surface area contributed by atoms with E-state index in [1.54, 1.807) is 0 Å². The Morgan fingerprint density at radius 1 is 0.345 bits per heavy atom. The lowest BCUT2D eigenvalue weighted by atomic mass is 9.94. The van der Waals surface area contributed by atoms with Gasteiger partial charge < -0.3 is 17.8 Å². The van der Waals surface area contributed by atoms with E-state index in [2.05, 4.69) is 144 Å². The van der Waals surface area contributed by atoms with Crippen LogP contribution >= 0.6 is 0 Å². The second-order valence-electron chi connectivity index (χ2n) is 15.5. The van der Waals surface area contributed by atoms with Crippen LogP contribution in [0.5, 0.6) is 0 Å². The Labute approximate surface area is 332 Å². The molecule has 13 rings (SSSR count). The van der Waals surface area contributed by atoms with Gasteiger partial charge in [0.05, 0.1) is 11.0 Å². The fourth-order valence-corrected chi connectivity index (χ4v) is 9.66. The first kappa shape index (κ1) is 31.6. The smallest absolute Gasteiger partial charge is 0.136 e. The molecule has 272 valence electrons. The Balaban J connectivity index is 1.02. The molecule has 0 aliphatic heterocycles. The van der Waals surface area contributed by atoms with Crippen LogP contribution in [0.2, 0.25) is 0 Å². The third-order valence-corrected chi connectivity index (χ3v) is 12.4. The summed E-state index contributed by atoms with van der Waals surface area (Å²) in [6.07, 6.45) is 6.44. The van der Waals surface area contributed by atoms with Crippen LogP contribution in [0.3, 0.4) is 0 Å². The van der Waals surface area contributed by atoms with Gasteiger partial charge in [0.15, 0.2) is 0 Å². The number of allylic oxidation sites excluding steroid dienone is 4. The van der Waals surface area contributed by atoms with Crippen LogP contribution in [-0.4, -0.2) is 4.57 Å². The lowest BCUT2D eigenvalue weighted by Gasteiger charge is -2.18. The number of para-hydroxylation sites is 3. The average Bonchev–Trinajstić information content (AvgIpc) is 4.04. The summed E-state index contributed by atoms with van der Waals surface area (Å²) in [4.78, 5) is 0. The van der Waals surface area contributed by atoms with Crippen LogP contribution in [0.25, 0.3) is 121 Å². The molecule has 4 heteroatoms. The summed E-state index contributed by atoms with van der Waals surface area (Å²) in [7, 11) is 0. The SMILES string of the molecule is C1=C(c2ccc3c(c2)oc2ccccc23)CCC(n2c3cccc(-c4ccc5c(c4)oc4ccccc45)c3c3c(-c4ccc5c(c4)oc4ccccc45)cccc32)=C1. The molecule has 0 amide bonds. The van der Waals surface area contributed by atoms with Crippen molar-refractivity contribution in [1.82, 2.24) is 4.57 Å². The highest BCUT2D eigenvalue weighted by atomic mass is 16.3. The molecule has 0 fully saturated rings. The maximum atomic E-state index is 6.42. The van der Waals surface area contributed by atoms with Gasteiger partial charge in [-0.15, -0.1) is 0 Å². The Hall–Kier alpha value is -7.56. The molecule has 4 nitrogen and oxygen atoms in total. The lowest BCUT2D eigenvalue weighted by molar-refractivity contribution is 0.668. The van der Waals surface area contributed by atoms with Crippen LogP contribution in [0.15, 0.2) is 189 Å². The number of benzene rings is 8. The minimum absolute atomic E-state index is 0.892. The molecule has 0 bridgehead atoms. The first-order valence-corrected chi connectivity index (χ1v) is 19.9. The molecule has 0 saturated carbocycles. The largest absolute Gasteiger partial charge is 0.456 e. The van der Waals surface area contributed by atoms with E-state index in [1.165, 1.54) is 49.8 Å². The average molecular weight is 744 g/mol. The van der Waals surface area contributed by atoms with Gasteiger partial charge >= 0.3 is 0 Å². The van der Waals surface area contributed by atoms with E-state index in [9.17, 15) is 0 Å². The van der Waals surface area contributed by atoms with Gasteiger partial charge in [-0.05, 0) is 119 Å². The number of nitrogens with zero attached hydrogens (tertiary/aromatic N) is 1. The van der Waals surface area contributed by atoms with Gasteiger partial charge in [0.25, 0.3) is 0 Å². The van der Waals surface area contributed by atoms with Gasteiger partial charge in [-0.3, -0.25) is 0 Å². The molecule has 12 aromatic rings. The number of rotatable bonds is 4. The van der Waals surface area contributed by atoms with Crippen molar-refractivity contribution in [3.63, 3.8) is 0 Å². The standard InChI is InChI=1S/C54H33NO3/c1-4-16-47-39(9-1)42-26-21-33(29-50(42)56-47)32-19-24-36(25-20-32)55-45-14-7-12-37(34-22-27-43-40-10-2-5-17-48(40)57-51(43)30-34)53(45)54-38(13-8-15-46(54)55)35-23-28-44-41-11-3-6-18-49(41)58-52(44)31-35/h1-19,21-24,26-31H,20,25H2. The topological polar surface area (TPSA) is 44.4 Å². The fourth-order valence-electron chi connectivity index (χ4n) is 9.66. The summed E-state index contributed by atoms with van der Waals surface area (Å²) < 4.78 is 21.6. The molecule has 0 unspecified atom stereocenters. The van der Waals surface area contributed by atoms with Crippen LogP contribution in [0.4, 0.5) is 0 Å². The fraction of sp³-hybridized carbons (Fsp3) is 0.0370. The highest BCUT2D eigenvalue weighted by Gasteiger charge is 2.23. The molecule has 4 heterocycles. The summed E-state index contributed by atoms with van der Waals surface area (Å²) in [6, 6.07) is 58.3. The van der Waals surface area contributed by atoms with E-state index in [4.69, 9.17) is 13.3 Å². The molecule has 0 N–H and O–H groups in total. The van der Waals surface area contributed by atoms with E-state index < -0.39 is 0 Å². The Morgan fingerprint density at radius 2 is 0.776 bits per heavy atom. The van der Waals surface area contributed by atoms with Crippen molar-refractivity contribution in [3.05, 3.63) is 182 Å². The van der Waals surface area contributed by atoms with Crippen LogP contribution in [0, 0.1) is 0 Å². The first-order valence-electron chi connectivity index (χ1n) is 19.9. The minimum atomic E-state index is 0.892. The molecular weight excluding hydrogens is 711 g/mol. The summed E-state index contributed by atoms with van der Waals surface area (Å²) in [5.74, 6) is 0.